The molecule has 1 unspecified atom stereocenters. The highest BCUT2D eigenvalue weighted by Gasteiger charge is 2.30. The van der Waals surface area contributed by atoms with Gasteiger partial charge in [0.1, 0.15) is 0 Å². The molecule has 1 aromatic carbocycles. The van der Waals surface area contributed by atoms with Gasteiger partial charge in [-0.25, -0.2) is 5.32 Å². The van der Waals surface area contributed by atoms with Crippen LogP contribution in [0.4, 0.5) is 5.69 Å². The van der Waals surface area contributed by atoms with Crippen molar-refractivity contribution >= 4 is 11.6 Å². The Hall–Kier alpha value is -1.57. The van der Waals surface area contributed by atoms with Crippen molar-refractivity contribution in [2.45, 2.75) is 12.3 Å². The van der Waals surface area contributed by atoms with Gasteiger partial charge in [0.15, 0.2) is 0 Å². The van der Waals surface area contributed by atoms with E-state index in [1.165, 1.54) is 0 Å². The van der Waals surface area contributed by atoms with Gasteiger partial charge in [0.2, 0.25) is 0 Å². The molecule has 1 radical (unpaired) electrons. The molecule has 0 saturated carbocycles. The van der Waals surface area contributed by atoms with E-state index in [4.69, 9.17) is 0 Å². The van der Waals surface area contributed by atoms with Crippen molar-refractivity contribution in [1.82, 2.24) is 5.32 Å². The SMILES string of the molecule is C=CCC1C(=O)[N]c2ccccc21. The molecule has 1 aromatic rings. The molecule has 0 N–H and O–H groups in total. The molecule has 0 spiro atoms. The van der Waals surface area contributed by atoms with E-state index in [2.05, 4.69) is 11.9 Å². The van der Waals surface area contributed by atoms with Gasteiger partial charge in [0.25, 0.3) is 5.91 Å². The van der Waals surface area contributed by atoms with Crippen LogP contribution in [0.5, 0.6) is 0 Å². The highest BCUT2D eigenvalue weighted by atomic mass is 16.2. The molecule has 1 aliphatic rings. The van der Waals surface area contributed by atoms with E-state index in [0.717, 1.165) is 11.3 Å². The predicted molar refractivity (Wildman–Crippen MR) is 50.8 cm³/mol. The van der Waals surface area contributed by atoms with Crippen LogP contribution in [0, 0.1) is 0 Å². The van der Waals surface area contributed by atoms with Crippen LogP contribution >= 0.6 is 0 Å². The molecule has 65 valence electrons. The first-order chi connectivity index (χ1) is 6.33. The van der Waals surface area contributed by atoms with Gasteiger partial charge in [-0.15, -0.1) is 6.58 Å². The molecule has 2 nitrogen and oxygen atoms in total. The lowest BCUT2D eigenvalue weighted by Gasteiger charge is -2.02. The number of amides is 1. The second-order valence-electron chi connectivity index (χ2n) is 3.09. The number of rotatable bonds is 2. The highest BCUT2D eigenvalue weighted by Crippen LogP contribution is 2.34. The van der Waals surface area contributed by atoms with Crippen LogP contribution in [-0.4, -0.2) is 5.91 Å². The summed E-state index contributed by atoms with van der Waals surface area (Å²) in [5.41, 5.74) is 1.85. The van der Waals surface area contributed by atoms with E-state index in [1.54, 1.807) is 6.08 Å². The van der Waals surface area contributed by atoms with Crippen molar-refractivity contribution < 1.29 is 4.79 Å². The Morgan fingerprint density at radius 3 is 3.00 bits per heavy atom. The summed E-state index contributed by atoms with van der Waals surface area (Å²) in [6.45, 7) is 3.64. The first-order valence-corrected chi connectivity index (χ1v) is 4.28. The van der Waals surface area contributed by atoms with Gasteiger partial charge >= 0.3 is 0 Å². The molecule has 1 atom stereocenters. The normalized spacial score (nSPS) is 19.4. The summed E-state index contributed by atoms with van der Waals surface area (Å²) < 4.78 is 0. The second-order valence-corrected chi connectivity index (χ2v) is 3.09. The summed E-state index contributed by atoms with van der Waals surface area (Å²) in [6.07, 6.45) is 2.44. The monoisotopic (exact) mass is 172 g/mol. The standard InChI is InChI=1S/C11H10NO/c1-2-5-9-8-6-3-4-7-10(8)12-11(9)13/h2-4,6-7,9H,1,5H2. The number of hydrogen-bond acceptors (Lipinski definition) is 1. The van der Waals surface area contributed by atoms with Crippen LogP contribution in [0.25, 0.3) is 0 Å². The summed E-state index contributed by atoms with van der Waals surface area (Å²) >= 11 is 0. The van der Waals surface area contributed by atoms with Gasteiger partial charge in [0, 0.05) is 0 Å². The third-order valence-corrected chi connectivity index (χ3v) is 2.24. The summed E-state index contributed by atoms with van der Waals surface area (Å²) in [5, 5.41) is 3.97. The zero-order valence-corrected chi connectivity index (χ0v) is 7.23. The number of fused-ring (bicyclic) bond motifs is 1. The Labute approximate surface area is 77.3 Å². The lowest BCUT2D eigenvalue weighted by atomic mass is 9.98. The van der Waals surface area contributed by atoms with Gasteiger partial charge in [-0.05, 0) is 18.1 Å². The van der Waals surface area contributed by atoms with Crippen LogP contribution in [0.15, 0.2) is 36.9 Å². The molecule has 1 heterocycles. The molecular formula is C11H10NO. The number of para-hydroxylation sites is 1. The lowest BCUT2D eigenvalue weighted by molar-refractivity contribution is -0.120. The Balaban J connectivity index is 2.40. The topological polar surface area (TPSA) is 31.2 Å². The van der Waals surface area contributed by atoms with Gasteiger partial charge in [0.05, 0.1) is 11.6 Å². The molecule has 2 heteroatoms. The average Bonchev–Trinajstić information content (AvgIpc) is 2.44. The summed E-state index contributed by atoms with van der Waals surface area (Å²) in [7, 11) is 0. The van der Waals surface area contributed by atoms with E-state index in [-0.39, 0.29) is 11.8 Å². The van der Waals surface area contributed by atoms with E-state index in [9.17, 15) is 4.79 Å². The minimum Gasteiger partial charge on any atom is -0.272 e. The number of nitrogens with zero attached hydrogens (tertiary/aromatic N) is 1. The van der Waals surface area contributed by atoms with Crippen molar-refractivity contribution in [2.24, 2.45) is 0 Å². The largest absolute Gasteiger partial charge is 0.272 e. The molecular weight excluding hydrogens is 162 g/mol. The molecule has 2 rings (SSSR count). The van der Waals surface area contributed by atoms with Crippen molar-refractivity contribution in [3.8, 4) is 0 Å². The fraction of sp³-hybridized carbons (Fsp3) is 0.182. The first-order valence-electron chi connectivity index (χ1n) is 4.28. The number of allylic oxidation sites excluding steroid dienone is 1. The third kappa shape index (κ3) is 1.24. The van der Waals surface area contributed by atoms with E-state index in [1.807, 2.05) is 24.3 Å². The lowest BCUT2D eigenvalue weighted by Crippen LogP contribution is -2.10. The number of carbonyl (C=O) groups is 1. The van der Waals surface area contributed by atoms with Crippen molar-refractivity contribution in [3.63, 3.8) is 0 Å². The molecule has 0 fully saturated rings. The number of carbonyl (C=O) groups excluding carboxylic acids is 1. The zero-order chi connectivity index (χ0) is 9.26. The summed E-state index contributed by atoms with van der Waals surface area (Å²) in [5.74, 6) is -0.130. The molecule has 1 aliphatic heterocycles. The van der Waals surface area contributed by atoms with Crippen LogP contribution in [-0.2, 0) is 4.79 Å². The number of benzene rings is 1. The molecule has 0 bridgehead atoms. The minimum absolute atomic E-state index is 0.0406. The van der Waals surface area contributed by atoms with E-state index >= 15 is 0 Å². The van der Waals surface area contributed by atoms with Crippen molar-refractivity contribution in [1.29, 1.82) is 0 Å². The van der Waals surface area contributed by atoms with Crippen molar-refractivity contribution in [3.05, 3.63) is 42.5 Å². The van der Waals surface area contributed by atoms with Crippen molar-refractivity contribution in [2.75, 3.05) is 0 Å². The second kappa shape index (κ2) is 3.05. The molecule has 0 aromatic heterocycles. The maximum Gasteiger partial charge on any atom is 0.254 e. The van der Waals surface area contributed by atoms with E-state index < -0.39 is 0 Å². The average molecular weight is 172 g/mol. The third-order valence-electron chi connectivity index (χ3n) is 2.24. The smallest absolute Gasteiger partial charge is 0.254 e. The van der Waals surface area contributed by atoms with Gasteiger partial charge in [-0.3, -0.25) is 4.79 Å². The van der Waals surface area contributed by atoms with Crippen LogP contribution < -0.4 is 5.32 Å². The first kappa shape index (κ1) is 8.05. The zero-order valence-electron chi connectivity index (χ0n) is 7.23. The molecule has 1 amide bonds. The summed E-state index contributed by atoms with van der Waals surface area (Å²) in [4.78, 5) is 11.4. The van der Waals surface area contributed by atoms with Crippen LogP contribution in [0.1, 0.15) is 17.9 Å². The Morgan fingerprint density at radius 2 is 2.23 bits per heavy atom. The highest BCUT2D eigenvalue weighted by molar-refractivity contribution is 5.94. The fourth-order valence-electron chi connectivity index (χ4n) is 1.61. The van der Waals surface area contributed by atoms with E-state index in [0.29, 0.717) is 6.42 Å². The molecule has 0 aliphatic carbocycles. The fourth-order valence-corrected chi connectivity index (χ4v) is 1.61. The predicted octanol–water partition coefficient (Wildman–Crippen LogP) is 2.12. The number of hydrogen-bond donors (Lipinski definition) is 0. The maximum absolute atomic E-state index is 11.4. The Kier molecular flexibility index (Phi) is 1.89. The summed E-state index contributed by atoms with van der Waals surface area (Å²) in [6, 6.07) is 7.66. The van der Waals surface area contributed by atoms with Crippen LogP contribution in [0.2, 0.25) is 0 Å². The van der Waals surface area contributed by atoms with Gasteiger partial charge < -0.3 is 0 Å². The van der Waals surface area contributed by atoms with Crippen LogP contribution in [0.3, 0.4) is 0 Å². The van der Waals surface area contributed by atoms with Gasteiger partial charge in [-0.1, -0.05) is 24.3 Å². The Bertz CT molecular complexity index is 357. The Morgan fingerprint density at radius 1 is 1.46 bits per heavy atom. The minimum atomic E-state index is -0.0892. The maximum atomic E-state index is 11.4. The molecule has 13 heavy (non-hydrogen) atoms. The quantitative estimate of drug-likeness (QED) is 0.628. The van der Waals surface area contributed by atoms with Gasteiger partial charge in [-0.2, -0.15) is 0 Å². The molecule has 0 saturated heterocycles.